The van der Waals surface area contributed by atoms with Crippen LogP contribution in [0.3, 0.4) is 0 Å². The summed E-state index contributed by atoms with van der Waals surface area (Å²) in [5, 5.41) is 4.73. The van der Waals surface area contributed by atoms with Crippen molar-refractivity contribution in [3.8, 4) is 5.75 Å². The number of nitrogens with zero attached hydrogens (tertiary/aromatic N) is 2. The summed E-state index contributed by atoms with van der Waals surface area (Å²) in [6, 6.07) is 17.6. The number of aromatic nitrogens is 2. The summed E-state index contributed by atoms with van der Waals surface area (Å²) >= 11 is 1.70. The molecule has 2 heterocycles. The van der Waals surface area contributed by atoms with E-state index in [1.54, 1.807) is 29.3 Å². The number of methoxy groups -OCH3 is 1. The molecule has 6 heteroatoms. The van der Waals surface area contributed by atoms with Gasteiger partial charge in [0.25, 0.3) is 5.56 Å². The Labute approximate surface area is 197 Å². The van der Waals surface area contributed by atoms with Gasteiger partial charge in [-0.05, 0) is 54.9 Å². The third-order valence-corrected chi connectivity index (χ3v) is 8.25. The van der Waals surface area contributed by atoms with Gasteiger partial charge in [-0.15, -0.1) is 11.3 Å². The van der Waals surface area contributed by atoms with Crippen LogP contribution in [-0.4, -0.2) is 28.7 Å². The van der Waals surface area contributed by atoms with Gasteiger partial charge in [0.15, 0.2) is 0 Å². The van der Waals surface area contributed by atoms with Crippen LogP contribution in [0.5, 0.6) is 5.75 Å². The van der Waals surface area contributed by atoms with E-state index in [0.29, 0.717) is 18.6 Å². The highest BCUT2D eigenvalue weighted by molar-refractivity contribution is 7.18. The molecule has 4 aromatic rings. The summed E-state index contributed by atoms with van der Waals surface area (Å²) in [6.45, 7) is 0.461. The zero-order valence-electron chi connectivity index (χ0n) is 18.7. The van der Waals surface area contributed by atoms with Gasteiger partial charge in [0.1, 0.15) is 10.6 Å². The van der Waals surface area contributed by atoms with Crippen LogP contribution in [0.25, 0.3) is 10.2 Å². The maximum atomic E-state index is 13.4. The number of ether oxygens (including phenoxy) is 1. The molecule has 6 rings (SSSR count). The predicted molar refractivity (Wildman–Crippen MR) is 133 cm³/mol. The number of aryl methyl sites for hydroxylation is 1. The summed E-state index contributed by atoms with van der Waals surface area (Å²) in [6.07, 6.45) is 6.89. The molecule has 1 unspecified atom stereocenters. The van der Waals surface area contributed by atoms with Gasteiger partial charge in [-0.25, -0.2) is 4.98 Å². The SMILES string of the molecule is COc1ccccc1Cn1cnc2sc3c(c2c1=O)CCC(NC1Cc2ccccc2C1)C3. The fraction of sp³-hybridized carbons (Fsp3) is 0.333. The summed E-state index contributed by atoms with van der Waals surface area (Å²) < 4.78 is 7.18. The number of benzene rings is 2. The van der Waals surface area contributed by atoms with E-state index in [1.165, 1.54) is 21.6 Å². The minimum atomic E-state index is 0.0565. The van der Waals surface area contributed by atoms with Crippen LogP contribution in [0.2, 0.25) is 0 Å². The van der Waals surface area contributed by atoms with Crippen molar-refractivity contribution in [1.29, 1.82) is 0 Å². The van der Waals surface area contributed by atoms with Crippen molar-refractivity contribution in [2.75, 3.05) is 7.11 Å². The minimum Gasteiger partial charge on any atom is -0.496 e. The van der Waals surface area contributed by atoms with E-state index < -0.39 is 0 Å². The van der Waals surface area contributed by atoms with Crippen LogP contribution in [-0.2, 0) is 32.2 Å². The maximum absolute atomic E-state index is 13.4. The van der Waals surface area contributed by atoms with Gasteiger partial charge in [-0.1, -0.05) is 42.5 Å². The molecule has 0 amide bonds. The van der Waals surface area contributed by atoms with Crippen LogP contribution in [0, 0.1) is 0 Å². The number of hydrogen-bond acceptors (Lipinski definition) is 5. The Bertz CT molecular complexity index is 1360. The minimum absolute atomic E-state index is 0.0565. The van der Waals surface area contributed by atoms with Crippen molar-refractivity contribution in [2.24, 2.45) is 0 Å². The van der Waals surface area contributed by atoms with E-state index in [2.05, 4.69) is 34.6 Å². The number of para-hydroxylation sites is 1. The number of fused-ring (bicyclic) bond motifs is 4. The molecule has 33 heavy (non-hydrogen) atoms. The van der Waals surface area contributed by atoms with E-state index in [4.69, 9.17) is 4.74 Å². The van der Waals surface area contributed by atoms with Crippen LogP contribution >= 0.6 is 11.3 Å². The van der Waals surface area contributed by atoms with Crippen molar-refractivity contribution in [3.05, 3.63) is 92.3 Å². The first-order valence-electron chi connectivity index (χ1n) is 11.6. The molecule has 1 N–H and O–H groups in total. The van der Waals surface area contributed by atoms with Gasteiger partial charge in [0.2, 0.25) is 0 Å². The summed E-state index contributed by atoms with van der Waals surface area (Å²) in [4.78, 5) is 20.3. The van der Waals surface area contributed by atoms with Crippen LogP contribution in [0.15, 0.2) is 59.7 Å². The lowest BCUT2D eigenvalue weighted by atomic mass is 9.92. The Hall–Kier alpha value is -2.96. The normalized spacial score (nSPS) is 17.8. The van der Waals surface area contributed by atoms with Gasteiger partial charge >= 0.3 is 0 Å². The second-order valence-corrected chi connectivity index (χ2v) is 10.2. The van der Waals surface area contributed by atoms with Crippen LogP contribution in [0.4, 0.5) is 0 Å². The average Bonchev–Trinajstić information content (AvgIpc) is 3.41. The van der Waals surface area contributed by atoms with E-state index >= 15 is 0 Å². The van der Waals surface area contributed by atoms with E-state index in [1.807, 2.05) is 24.3 Å². The monoisotopic (exact) mass is 457 g/mol. The van der Waals surface area contributed by atoms with Crippen LogP contribution < -0.4 is 15.6 Å². The molecular weight excluding hydrogens is 430 g/mol. The molecule has 5 nitrogen and oxygen atoms in total. The second-order valence-electron chi connectivity index (χ2n) is 9.15. The molecule has 0 saturated heterocycles. The van der Waals surface area contributed by atoms with Crippen molar-refractivity contribution in [2.45, 2.75) is 50.7 Å². The van der Waals surface area contributed by atoms with Crippen molar-refractivity contribution < 1.29 is 4.74 Å². The molecule has 0 bridgehead atoms. The molecular formula is C27H27N3O2S. The van der Waals surface area contributed by atoms with Gasteiger partial charge in [0, 0.05) is 22.5 Å². The largest absolute Gasteiger partial charge is 0.496 e. The molecule has 1 atom stereocenters. The summed E-state index contributed by atoms with van der Waals surface area (Å²) in [7, 11) is 1.66. The Morgan fingerprint density at radius 2 is 1.82 bits per heavy atom. The third kappa shape index (κ3) is 3.77. The van der Waals surface area contributed by atoms with Gasteiger partial charge in [-0.2, -0.15) is 0 Å². The lowest BCUT2D eigenvalue weighted by Gasteiger charge is -2.26. The predicted octanol–water partition coefficient (Wildman–Crippen LogP) is 4.13. The lowest BCUT2D eigenvalue weighted by molar-refractivity contribution is 0.402. The standard InChI is InChI=1S/C27H27N3O2S/c1-32-23-9-5-4-8-19(23)15-30-16-28-26-25(27(30)31)22-11-10-20(14-24(22)33-26)29-21-12-17-6-2-3-7-18(17)13-21/h2-9,16,20-21,29H,10-15H2,1H3. The van der Waals surface area contributed by atoms with E-state index in [0.717, 1.165) is 53.6 Å². The van der Waals surface area contributed by atoms with Crippen molar-refractivity contribution in [3.63, 3.8) is 0 Å². The highest BCUT2D eigenvalue weighted by Gasteiger charge is 2.28. The third-order valence-electron chi connectivity index (χ3n) is 7.09. The Morgan fingerprint density at radius 1 is 1.06 bits per heavy atom. The molecule has 2 aliphatic rings. The fourth-order valence-corrected chi connectivity index (χ4v) is 6.74. The zero-order chi connectivity index (χ0) is 22.4. The first kappa shape index (κ1) is 20.6. The van der Waals surface area contributed by atoms with Gasteiger partial charge in [-0.3, -0.25) is 9.36 Å². The average molecular weight is 458 g/mol. The first-order valence-corrected chi connectivity index (χ1v) is 12.5. The maximum Gasteiger partial charge on any atom is 0.262 e. The molecule has 2 aromatic carbocycles. The van der Waals surface area contributed by atoms with Crippen molar-refractivity contribution in [1.82, 2.24) is 14.9 Å². The Kier molecular flexibility index (Phi) is 5.27. The van der Waals surface area contributed by atoms with E-state index in [-0.39, 0.29) is 5.56 Å². The first-order chi connectivity index (χ1) is 16.2. The zero-order valence-corrected chi connectivity index (χ0v) is 19.5. The summed E-state index contributed by atoms with van der Waals surface area (Å²) in [5.41, 5.74) is 5.21. The molecule has 0 spiro atoms. The second kappa shape index (κ2) is 8.43. The van der Waals surface area contributed by atoms with Crippen molar-refractivity contribution >= 4 is 21.6 Å². The molecule has 168 valence electrons. The molecule has 2 aliphatic carbocycles. The molecule has 0 radical (unpaired) electrons. The van der Waals surface area contributed by atoms with Gasteiger partial charge < -0.3 is 10.1 Å². The number of nitrogens with one attached hydrogen (secondary N) is 1. The number of thiophene rings is 1. The number of hydrogen-bond donors (Lipinski definition) is 1. The summed E-state index contributed by atoms with van der Waals surface area (Å²) in [5.74, 6) is 0.792. The quantitative estimate of drug-likeness (QED) is 0.490. The van der Waals surface area contributed by atoms with Gasteiger partial charge in [0.05, 0.1) is 25.4 Å². The number of rotatable bonds is 5. The Morgan fingerprint density at radius 3 is 2.61 bits per heavy atom. The molecule has 0 saturated carbocycles. The molecule has 0 fully saturated rings. The highest BCUT2D eigenvalue weighted by Crippen LogP contribution is 2.34. The Balaban J connectivity index is 1.23. The topological polar surface area (TPSA) is 56.2 Å². The molecule has 0 aliphatic heterocycles. The molecule has 2 aromatic heterocycles. The highest BCUT2D eigenvalue weighted by atomic mass is 32.1. The lowest BCUT2D eigenvalue weighted by Crippen LogP contribution is -2.41. The smallest absolute Gasteiger partial charge is 0.262 e. The fourth-order valence-electron chi connectivity index (χ4n) is 5.48. The van der Waals surface area contributed by atoms with Crippen LogP contribution in [0.1, 0.15) is 33.6 Å². The van der Waals surface area contributed by atoms with E-state index in [9.17, 15) is 4.79 Å².